The van der Waals surface area contributed by atoms with E-state index in [1.807, 2.05) is 13.0 Å². The van der Waals surface area contributed by atoms with E-state index in [0.29, 0.717) is 11.5 Å². The summed E-state index contributed by atoms with van der Waals surface area (Å²) in [5.74, 6) is 0.306. The van der Waals surface area contributed by atoms with Crippen molar-refractivity contribution in [3.05, 3.63) is 23.9 Å². The molecule has 0 aliphatic carbocycles. The predicted octanol–water partition coefficient (Wildman–Crippen LogP) is 1.35. The molecule has 1 saturated heterocycles. The average molecular weight is 297 g/mol. The molecule has 0 radical (unpaired) electrons. The number of nitrogens with zero attached hydrogens (tertiary/aromatic N) is 2. The van der Waals surface area contributed by atoms with Gasteiger partial charge in [-0.2, -0.15) is 0 Å². The first-order chi connectivity index (χ1) is 9.30. The number of hydrogen-bond acceptors (Lipinski definition) is 5. The van der Waals surface area contributed by atoms with Gasteiger partial charge in [0.2, 0.25) is 0 Å². The molecule has 0 unspecified atom stereocenters. The molecule has 0 atom stereocenters. The Balaban J connectivity index is 2.14. The first kappa shape index (κ1) is 14.8. The van der Waals surface area contributed by atoms with Gasteiger partial charge in [0.1, 0.15) is 5.82 Å². The van der Waals surface area contributed by atoms with Crippen molar-refractivity contribution in [2.24, 2.45) is 0 Å². The van der Waals surface area contributed by atoms with E-state index in [0.717, 1.165) is 17.3 Å². The number of carbonyl (C=O) groups is 1. The van der Waals surface area contributed by atoms with Gasteiger partial charge >= 0.3 is 0 Å². The maximum atomic E-state index is 12.0. The number of carbonyl (C=O) groups excluding carboxylic acids is 1. The lowest BCUT2D eigenvalue weighted by Crippen LogP contribution is -2.66. The highest BCUT2D eigenvalue weighted by Crippen LogP contribution is 2.35. The van der Waals surface area contributed by atoms with Crippen molar-refractivity contribution in [1.82, 2.24) is 9.29 Å². The summed E-state index contributed by atoms with van der Waals surface area (Å²) in [6.07, 6.45) is 0.971. The third kappa shape index (κ3) is 2.26. The third-order valence-corrected chi connectivity index (χ3v) is 5.68. The Labute approximate surface area is 119 Å². The number of sulfonamides is 1. The molecule has 1 aliphatic rings. The molecule has 20 heavy (non-hydrogen) atoms. The molecule has 1 aromatic rings. The van der Waals surface area contributed by atoms with Crippen LogP contribution in [0.25, 0.3) is 0 Å². The first-order valence-electron chi connectivity index (χ1n) is 6.57. The SMILES string of the molecule is CCCNc1cccc(CN2C(=O)C(C)(C)S2(=O)=O)n1. The van der Waals surface area contributed by atoms with Crippen LogP contribution in [-0.2, 0) is 21.4 Å². The fraction of sp³-hybridized carbons (Fsp3) is 0.538. The Hall–Kier alpha value is -1.63. The van der Waals surface area contributed by atoms with Gasteiger partial charge in [-0.15, -0.1) is 0 Å². The van der Waals surface area contributed by atoms with Crippen molar-refractivity contribution in [2.45, 2.75) is 38.5 Å². The zero-order chi connectivity index (χ0) is 15.0. The van der Waals surface area contributed by atoms with Gasteiger partial charge in [-0.05, 0) is 32.4 Å². The fourth-order valence-electron chi connectivity index (χ4n) is 1.98. The molecule has 7 heteroatoms. The number of hydrogen-bond donors (Lipinski definition) is 1. The highest BCUT2D eigenvalue weighted by atomic mass is 32.2. The lowest BCUT2D eigenvalue weighted by Gasteiger charge is -2.42. The zero-order valence-corrected chi connectivity index (χ0v) is 12.7. The second kappa shape index (κ2) is 5.05. The lowest BCUT2D eigenvalue weighted by molar-refractivity contribution is -0.132. The van der Waals surface area contributed by atoms with Crippen LogP contribution >= 0.6 is 0 Å². The van der Waals surface area contributed by atoms with Crippen molar-refractivity contribution < 1.29 is 13.2 Å². The van der Waals surface area contributed by atoms with Gasteiger partial charge in [0.05, 0.1) is 12.2 Å². The van der Waals surface area contributed by atoms with Crippen LogP contribution < -0.4 is 5.32 Å². The highest BCUT2D eigenvalue weighted by Gasteiger charge is 2.60. The highest BCUT2D eigenvalue weighted by molar-refractivity contribution is 7.94. The quantitative estimate of drug-likeness (QED) is 0.887. The van der Waals surface area contributed by atoms with Crippen molar-refractivity contribution in [2.75, 3.05) is 11.9 Å². The van der Waals surface area contributed by atoms with Crippen LogP contribution in [0.4, 0.5) is 5.82 Å². The minimum Gasteiger partial charge on any atom is -0.370 e. The monoisotopic (exact) mass is 297 g/mol. The van der Waals surface area contributed by atoms with E-state index in [9.17, 15) is 13.2 Å². The first-order valence-corrected chi connectivity index (χ1v) is 8.01. The van der Waals surface area contributed by atoms with E-state index >= 15 is 0 Å². The molecule has 0 spiro atoms. The molecule has 1 aromatic heterocycles. The van der Waals surface area contributed by atoms with Crippen molar-refractivity contribution in [3.8, 4) is 0 Å². The second-order valence-corrected chi connectivity index (χ2v) is 7.68. The second-order valence-electron chi connectivity index (χ2n) is 5.27. The molecule has 2 heterocycles. The van der Waals surface area contributed by atoms with E-state index in [1.54, 1.807) is 12.1 Å². The smallest absolute Gasteiger partial charge is 0.259 e. The predicted molar refractivity (Wildman–Crippen MR) is 76.6 cm³/mol. The summed E-state index contributed by atoms with van der Waals surface area (Å²) < 4.78 is 23.6. The summed E-state index contributed by atoms with van der Waals surface area (Å²) in [7, 11) is -3.55. The molecule has 1 aliphatic heterocycles. The Bertz CT molecular complexity index is 626. The van der Waals surface area contributed by atoms with E-state index < -0.39 is 14.8 Å². The van der Waals surface area contributed by atoms with Crippen LogP contribution in [0, 0.1) is 0 Å². The van der Waals surface area contributed by atoms with Crippen LogP contribution in [0.1, 0.15) is 32.9 Å². The summed E-state index contributed by atoms with van der Waals surface area (Å²) in [5.41, 5.74) is 0.554. The summed E-state index contributed by atoms with van der Waals surface area (Å²) >= 11 is 0. The molecular weight excluding hydrogens is 278 g/mol. The molecule has 0 aromatic carbocycles. The van der Waals surface area contributed by atoms with Crippen molar-refractivity contribution in [3.63, 3.8) is 0 Å². The standard InChI is InChI=1S/C13H19N3O3S/c1-4-8-14-11-7-5-6-10(15-11)9-16-12(17)13(2,3)20(16,18)19/h5-7H,4,8-9H2,1-3H3,(H,14,15). The van der Waals surface area contributed by atoms with Gasteiger partial charge in [-0.3, -0.25) is 4.79 Å². The van der Waals surface area contributed by atoms with Gasteiger partial charge in [-0.1, -0.05) is 13.0 Å². The van der Waals surface area contributed by atoms with Crippen LogP contribution in [0.2, 0.25) is 0 Å². The largest absolute Gasteiger partial charge is 0.370 e. The number of aromatic nitrogens is 1. The fourth-order valence-corrected chi connectivity index (χ4v) is 3.48. The normalized spacial score (nSPS) is 19.6. The van der Waals surface area contributed by atoms with E-state index in [1.165, 1.54) is 13.8 Å². The van der Waals surface area contributed by atoms with E-state index in [-0.39, 0.29) is 12.5 Å². The maximum absolute atomic E-state index is 12.0. The summed E-state index contributed by atoms with van der Waals surface area (Å²) in [6.45, 7) is 5.68. The Morgan fingerprint density at radius 3 is 2.65 bits per heavy atom. The summed E-state index contributed by atoms with van der Waals surface area (Å²) in [4.78, 5) is 16.2. The van der Waals surface area contributed by atoms with Crippen LogP contribution in [0.3, 0.4) is 0 Å². The third-order valence-electron chi connectivity index (χ3n) is 3.35. The van der Waals surface area contributed by atoms with Crippen molar-refractivity contribution >= 4 is 21.7 Å². The molecule has 1 fully saturated rings. The maximum Gasteiger partial charge on any atom is 0.259 e. The molecule has 0 bridgehead atoms. The minimum absolute atomic E-state index is 0.00770. The number of amides is 1. The van der Waals surface area contributed by atoms with Gasteiger partial charge in [-0.25, -0.2) is 17.7 Å². The summed E-state index contributed by atoms with van der Waals surface area (Å²) in [5, 5.41) is 3.13. The van der Waals surface area contributed by atoms with Crippen LogP contribution in [0.15, 0.2) is 18.2 Å². The molecule has 1 amide bonds. The topological polar surface area (TPSA) is 79.4 Å². The van der Waals surface area contributed by atoms with Crippen LogP contribution in [0.5, 0.6) is 0 Å². The molecule has 0 saturated carbocycles. The molecule has 110 valence electrons. The Morgan fingerprint density at radius 2 is 2.05 bits per heavy atom. The Kier molecular flexibility index (Phi) is 3.73. The van der Waals surface area contributed by atoms with Crippen molar-refractivity contribution in [1.29, 1.82) is 0 Å². The number of pyridine rings is 1. The zero-order valence-electron chi connectivity index (χ0n) is 11.9. The number of nitrogens with one attached hydrogen (secondary N) is 1. The average Bonchev–Trinajstić information content (AvgIpc) is 2.42. The number of anilines is 1. The summed E-state index contributed by atoms with van der Waals surface area (Å²) in [6, 6.07) is 5.32. The van der Waals surface area contributed by atoms with Gasteiger partial charge in [0.15, 0.2) is 4.75 Å². The molecule has 2 rings (SSSR count). The number of rotatable bonds is 5. The van der Waals surface area contributed by atoms with Gasteiger partial charge in [0.25, 0.3) is 15.9 Å². The lowest BCUT2D eigenvalue weighted by atomic mass is 10.2. The van der Waals surface area contributed by atoms with Gasteiger partial charge < -0.3 is 5.32 Å². The Morgan fingerprint density at radius 1 is 1.35 bits per heavy atom. The van der Waals surface area contributed by atoms with Gasteiger partial charge in [0, 0.05) is 6.54 Å². The van der Waals surface area contributed by atoms with E-state index in [2.05, 4.69) is 10.3 Å². The minimum atomic E-state index is -3.55. The van der Waals surface area contributed by atoms with Crippen LogP contribution in [-0.4, -0.2) is 34.9 Å². The van der Waals surface area contributed by atoms with E-state index in [4.69, 9.17) is 0 Å². The molecular formula is C13H19N3O3S. The molecule has 6 nitrogen and oxygen atoms in total. The molecule has 1 N–H and O–H groups in total.